The summed E-state index contributed by atoms with van der Waals surface area (Å²) in [4.78, 5) is 0. The maximum absolute atomic E-state index is 3.58. The highest BCUT2D eigenvalue weighted by Crippen LogP contribution is 2.27. The van der Waals surface area contributed by atoms with Crippen LogP contribution in [0.25, 0.3) is 0 Å². The first kappa shape index (κ1) is 12.3. The van der Waals surface area contributed by atoms with E-state index >= 15 is 0 Å². The van der Waals surface area contributed by atoms with E-state index in [2.05, 4.69) is 61.1 Å². The number of nitrogens with one attached hydrogen (secondary N) is 1. The topological polar surface area (TPSA) is 12.0 Å². The van der Waals surface area contributed by atoms with Crippen LogP contribution in [0.15, 0.2) is 35.0 Å². The zero-order valence-electron chi connectivity index (χ0n) is 10.7. The maximum atomic E-state index is 3.58. The molecule has 0 saturated heterocycles. The van der Waals surface area contributed by atoms with Gasteiger partial charge in [-0.1, -0.05) is 25.1 Å². The molecule has 17 heavy (non-hydrogen) atoms. The van der Waals surface area contributed by atoms with Gasteiger partial charge in [-0.05, 0) is 59.5 Å². The lowest BCUT2D eigenvalue weighted by molar-refractivity contribution is 0.629. The lowest BCUT2D eigenvalue weighted by Gasteiger charge is -2.20. The summed E-state index contributed by atoms with van der Waals surface area (Å²) in [5.74, 6) is 0. The van der Waals surface area contributed by atoms with Crippen molar-refractivity contribution in [3.63, 3.8) is 0 Å². The number of benzene rings is 1. The predicted octanol–water partition coefficient (Wildman–Crippen LogP) is 4.06. The minimum atomic E-state index is 0.325. The van der Waals surface area contributed by atoms with Crippen molar-refractivity contribution in [1.29, 1.82) is 0 Å². The van der Waals surface area contributed by atoms with Gasteiger partial charge in [0.25, 0.3) is 0 Å². The zero-order chi connectivity index (χ0) is 12.3. The van der Waals surface area contributed by atoms with Gasteiger partial charge in [-0.25, -0.2) is 0 Å². The summed E-state index contributed by atoms with van der Waals surface area (Å²) >= 11 is 1.76. The molecule has 0 saturated carbocycles. The van der Waals surface area contributed by atoms with Gasteiger partial charge in [0.05, 0.1) is 6.04 Å². The zero-order valence-corrected chi connectivity index (χ0v) is 11.5. The van der Waals surface area contributed by atoms with Crippen molar-refractivity contribution in [2.75, 3.05) is 6.54 Å². The van der Waals surface area contributed by atoms with Gasteiger partial charge in [-0.2, -0.15) is 11.3 Å². The minimum absolute atomic E-state index is 0.325. The van der Waals surface area contributed by atoms with E-state index in [-0.39, 0.29) is 0 Å². The van der Waals surface area contributed by atoms with Crippen molar-refractivity contribution in [1.82, 2.24) is 5.32 Å². The Hall–Kier alpha value is -1.12. The van der Waals surface area contributed by atoms with Gasteiger partial charge in [-0.3, -0.25) is 0 Å². The predicted molar refractivity (Wildman–Crippen MR) is 75.8 cm³/mol. The van der Waals surface area contributed by atoms with Crippen molar-refractivity contribution in [3.8, 4) is 0 Å². The average Bonchev–Trinajstić information content (AvgIpc) is 2.84. The van der Waals surface area contributed by atoms with Crippen molar-refractivity contribution in [3.05, 3.63) is 57.3 Å². The van der Waals surface area contributed by atoms with Crippen LogP contribution >= 0.6 is 11.3 Å². The monoisotopic (exact) mass is 245 g/mol. The molecule has 0 aliphatic carbocycles. The lowest BCUT2D eigenvalue weighted by atomic mass is 9.94. The third-order valence-corrected chi connectivity index (χ3v) is 3.94. The Morgan fingerprint density at radius 1 is 1.24 bits per heavy atom. The number of rotatable bonds is 4. The first-order chi connectivity index (χ1) is 8.24. The van der Waals surface area contributed by atoms with E-state index in [0.29, 0.717) is 6.04 Å². The molecule has 1 nitrogen and oxygen atoms in total. The fourth-order valence-corrected chi connectivity index (χ4v) is 2.82. The smallest absolute Gasteiger partial charge is 0.0587 e. The summed E-state index contributed by atoms with van der Waals surface area (Å²) in [5.41, 5.74) is 5.51. The summed E-state index contributed by atoms with van der Waals surface area (Å²) in [6, 6.07) is 9.09. The van der Waals surface area contributed by atoms with Crippen molar-refractivity contribution >= 4 is 11.3 Å². The summed E-state index contributed by atoms with van der Waals surface area (Å²) in [6.45, 7) is 7.52. The molecular formula is C15H19NS. The van der Waals surface area contributed by atoms with Crippen LogP contribution < -0.4 is 5.32 Å². The molecular weight excluding hydrogens is 226 g/mol. The number of hydrogen-bond acceptors (Lipinski definition) is 2. The molecule has 90 valence electrons. The van der Waals surface area contributed by atoms with Gasteiger partial charge >= 0.3 is 0 Å². The fraction of sp³-hybridized carbons (Fsp3) is 0.333. The van der Waals surface area contributed by atoms with Crippen LogP contribution in [-0.2, 0) is 0 Å². The normalized spacial score (nSPS) is 12.6. The molecule has 1 atom stereocenters. The van der Waals surface area contributed by atoms with Gasteiger partial charge in [0, 0.05) is 0 Å². The first-order valence-electron chi connectivity index (χ1n) is 6.05. The second-order valence-corrected chi connectivity index (χ2v) is 5.12. The molecule has 1 unspecified atom stereocenters. The molecule has 0 aliphatic heterocycles. The standard InChI is InChI=1S/C15H19NS/c1-4-16-15(13-8-9-17-10-13)14-7-5-6-11(2)12(14)3/h5-10,15-16H,4H2,1-3H3. The Kier molecular flexibility index (Phi) is 3.97. The summed E-state index contributed by atoms with van der Waals surface area (Å²) in [7, 11) is 0. The highest BCUT2D eigenvalue weighted by Gasteiger charge is 2.15. The Bertz CT molecular complexity index is 474. The Morgan fingerprint density at radius 2 is 2.06 bits per heavy atom. The molecule has 2 aromatic rings. The summed E-state index contributed by atoms with van der Waals surface area (Å²) in [5, 5.41) is 7.95. The quantitative estimate of drug-likeness (QED) is 0.856. The van der Waals surface area contributed by atoms with Crippen LogP contribution in [0.3, 0.4) is 0 Å². The summed E-state index contributed by atoms with van der Waals surface area (Å²) < 4.78 is 0. The molecule has 1 N–H and O–H groups in total. The van der Waals surface area contributed by atoms with Gasteiger partial charge < -0.3 is 5.32 Å². The van der Waals surface area contributed by atoms with Crippen molar-refractivity contribution < 1.29 is 0 Å². The molecule has 0 amide bonds. The van der Waals surface area contributed by atoms with E-state index in [1.807, 2.05) is 0 Å². The number of thiophene rings is 1. The first-order valence-corrected chi connectivity index (χ1v) is 7.00. The molecule has 1 heterocycles. The molecule has 0 bridgehead atoms. The van der Waals surface area contributed by atoms with E-state index in [1.165, 1.54) is 22.3 Å². The van der Waals surface area contributed by atoms with Crippen LogP contribution in [0.1, 0.15) is 35.2 Å². The average molecular weight is 245 g/mol. The number of hydrogen-bond donors (Lipinski definition) is 1. The van der Waals surface area contributed by atoms with Crippen LogP contribution in [0.2, 0.25) is 0 Å². The molecule has 1 aromatic heterocycles. The fourth-order valence-electron chi connectivity index (χ4n) is 2.14. The van der Waals surface area contributed by atoms with E-state index in [1.54, 1.807) is 11.3 Å². The van der Waals surface area contributed by atoms with E-state index in [9.17, 15) is 0 Å². The van der Waals surface area contributed by atoms with Gasteiger partial charge in [0.2, 0.25) is 0 Å². The number of aryl methyl sites for hydroxylation is 1. The highest BCUT2D eigenvalue weighted by atomic mass is 32.1. The Labute approximate surface area is 108 Å². The van der Waals surface area contributed by atoms with Gasteiger partial charge in [-0.15, -0.1) is 0 Å². The van der Waals surface area contributed by atoms with Crippen LogP contribution in [0.4, 0.5) is 0 Å². The Balaban J connectivity index is 2.43. The molecule has 0 radical (unpaired) electrons. The van der Waals surface area contributed by atoms with E-state index < -0.39 is 0 Å². The van der Waals surface area contributed by atoms with Crippen molar-refractivity contribution in [2.45, 2.75) is 26.8 Å². The molecule has 2 rings (SSSR count). The third-order valence-electron chi connectivity index (χ3n) is 3.24. The van der Waals surface area contributed by atoms with Crippen molar-refractivity contribution in [2.24, 2.45) is 0 Å². The van der Waals surface area contributed by atoms with E-state index in [4.69, 9.17) is 0 Å². The second-order valence-electron chi connectivity index (χ2n) is 4.34. The largest absolute Gasteiger partial charge is 0.306 e. The van der Waals surface area contributed by atoms with Crippen LogP contribution in [0, 0.1) is 13.8 Å². The maximum Gasteiger partial charge on any atom is 0.0587 e. The minimum Gasteiger partial charge on any atom is -0.306 e. The van der Waals surface area contributed by atoms with Gasteiger partial charge in [0.15, 0.2) is 0 Å². The molecule has 0 spiro atoms. The SMILES string of the molecule is CCNC(c1ccsc1)c1cccc(C)c1C. The van der Waals surface area contributed by atoms with Crippen LogP contribution in [0.5, 0.6) is 0 Å². The van der Waals surface area contributed by atoms with Crippen LogP contribution in [-0.4, -0.2) is 6.54 Å². The molecule has 1 aromatic carbocycles. The second kappa shape index (κ2) is 5.48. The Morgan fingerprint density at radius 3 is 2.71 bits per heavy atom. The highest BCUT2D eigenvalue weighted by molar-refractivity contribution is 7.08. The molecule has 0 aliphatic rings. The molecule has 2 heteroatoms. The lowest BCUT2D eigenvalue weighted by Crippen LogP contribution is -2.22. The van der Waals surface area contributed by atoms with E-state index in [0.717, 1.165) is 6.54 Å². The van der Waals surface area contributed by atoms with Gasteiger partial charge in [0.1, 0.15) is 0 Å². The third kappa shape index (κ3) is 2.59. The summed E-state index contributed by atoms with van der Waals surface area (Å²) in [6.07, 6.45) is 0. The molecule has 0 fully saturated rings.